The number of benzene rings is 1. The van der Waals surface area contributed by atoms with Crippen LogP contribution < -0.4 is 22.0 Å². The number of anilines is 1. The van der Waals surface area contributed by atoms with Gasteiger partial charge in [-0.05, 0) is 11.6 Å². The zero-order valence-electron chi connectivity index (χ0n) is 11.9. The molecule has 2 aromatic rings. The van der Waals surface area contributed by atoms with Crippen molar-refractivity contribution in [1.82, 2.24) is 20.6 Å². The first kappa shape index (κ1) is 15.9. The van der Waals surface area contributed by atoms with Gasteiger partial charge in [0.1, 0.15) is 0 Å². The van der Waals surface area contributed by atoms with Gasteiger partial charge in [-0.2, -0.15) is 5.10 Å². The molecule has 0 saturated heterocycles. The van der Waals surface area contributed by atoms with Crippen molar-refractivity contribution in [3.05, 3.63) is 62.8 Å². The van der Waals surface area contributed by atoms with Crippen molar-refractivity contribution in [2.75, 3.05) is 11.9 Å². The highest BCUT2D eigenvalue weighted by Gasteiger charge is 2.04. The van der Waals surface area contributed by atoms with Crippen molar-refractivity contribution in [2.24, 2.45) is 5.10 Å². The number of carbonyl (C=O) groups excluding carboxylic acids is 1. The third kappa shape index (κ3) is 5.42. The molecule has 0 saturated carbocycles. The monoisotopic (exact) mass is 314 g/mol. The molecule has 0 spiro atoms. The molecule has 0 radical (unpaired) electrons. The topological polar surface area (TPSA) is 132 Å². The van der Waals surface area contributed by atoms with E-state index in [4.69, 9.17) is 0 Å². The van der Waals surface area contributed by atoms with Crippen molar-refractivity contribution in [1.29, 1.82) is 0 Å². The maximum Gasteiger partial charge on any atom is 0.342 e. The first-order chi connectivity index (χ1) is 11.1. The Morgan fingerprint density at radius 1 is 1.26 bits per heavy atom. The van der Waals surface area contributed by atoms with Crippen LogP contribution in [-0.2, 0) is 4.79 Å². The van der Waals surface area contributed by atoms with E-state index in [1.807, 2.05) is 46.5 Å². The number of amides is 1. The number of carbonyl (C=O) groups is 1. The number of nitrogens with one attached hydrogen (secondary N) is 4. The maximum atomic E-state index is 11.5. The minimum atomic E-state index is -0.722. The zero-order valence-corrected chi connectivity index (χ0v) is 11.9. The van der Waals surface area contributed by atoms with E-state index in [0.717, 1.165) is 5.56 Å². The Morgan fingerprint density at radius 3 is 2.78 bits per heavy atom. The summed E-state index contributed by atoms with van der Waals surface area (Å²) in [6.07, 6.45) is 4.94. The summed E-state index contributed by atoms with van der Waals surface area (Å²) in [5, 5.41) is 11.7. The van der Waals surface area contributed by atoms with Crippen LogP contribution in [-0.4, -0.2) is 33.8 Å². The summed E-state index contributed by atoms with van der Waals surface area (Å²) in [6, 6.07) is 9.61. The summed E-state index contributed by atoms with van der Waals surface area (Å²) in [6.45, 7) is -0.220. The predicted molar refractivity (Wildman–Crippen MR) is 86.1 cm³/mol. The van der Waals surface area contributed by atoms with Gasteiger partial charge in [-0.15, -0.1) is 5.10 Å². The Labute approximate surface area is 130 Å². The Kier molecular flexibility index (Phi) is 5.58. The number of nitrogens with zero attached hydrogens (tertiary/aromatic N) is 2. The second-order valence-corrected chi connectivity index (χ2v) is 4.29. The molecule has 1 aromatic heterocycles. The standard InChI is InChI=1S/C14H14N6O3/c21-11(9-15-12-13(22)17-14(23)20-19-12)18-16-8-4-7-10-5-2-1-3-6-10/h1-8H,9H2,(H,15,19)(H,18,21)(H2,17,20,22,23)/b7-4+,16-8?. The minimum Gasteiger partial charge on any atom is -0.355 e. The van der Waals surface area contributed by atoms with Gasteiger partial charge in [0.25, 0.3) is 11.5 Å². The van der Waals surface area contributed by atoms with Crippen LogP contribution in [0.2, 0.25) is 0 Å². The van der Waals surface area contributed by atoms with Crippen LogP contribution >= 0.6 is 0 Å². The van der Waals surface area contributed by atoms with Crippen LogP contribution in [0.15, 0.2) is 51.1 Å². The van der Waals surface area contributed by atoms with Gasteiger partial charge in [0.2, 0.25) is 5.82 Å². The molecular formula is C14H14N6O3. The summed E-state index contributed by atoms with van der Waals surface area (Å²) in [7, 11) is 0. The predicted octanol–water partition coefficient (Wildman–Crippen LogP) is -0.314. The number of hydrogen-bond acceptors (Lipinski definition) is 6. The molecule has 0 bridgehead atoms. The molecular weight excluding hydrogens is 300 g/mol. The van der Waals surface area contributed by atoms with Crippen LogP contribution in [0.1, 0.15) is 5.56 Å². The number of allylic oxidation sites excluding steroid dienone is 1. The summed E-state index contributed by atoms with van der Waals surface area (Å²) in [4.78, 5) is 35.6. The highest BCUT2D eigenvalue weighted by atomic mass is 16.2. The molecule has 9 heteroatoms. The third-order valence-electron chi connectivity index (χ3n) is 2.57. The number of rotatable bonds is 6. The summed E-state index contributed by atoms with van der Waals surface area (Å²) < 4.78 is 0. The number of aromatic nitrogens is 3. The van der Waals surface area contributed by atoms with Gasteiger partial charge >= 0.3 is 5.69 Å². The van der Waals surface area contributed by atoms with E-state index in [1.165, 1.54) is 6.21 Å². The number of H-pyrrole nitrogens is 2. The van der Waals surface area contributed by atoms with E-state index >= 15 is 0 Å². The van der Waals surface area contributed by atoms with Crippen LogP contribution in [0, 0.1) is 0 Å². The van der Waals surface area contributed by atoms with Crippen molar-refractivity contribution in [2.45, 2.75) is 0 Å². The molecule has 2 rings (SSSR count). The van der Waals surface area contributed by atoms with Crippen LogP contribution in [0.5, 0.6) is 0 Å². The van der Waals surface area contributed by atoms with Gasteiger partial charge in [0.05, 0.1) is 6.54 Å². The molecule has 0 aliphatic heterocycles. The average molecular weight is 314 g/mol. The van der Waals surface area contributed by atoms with Gasteiger partial charge in [0.15, 0.2) is 0 Å². The third-order valence-corrected chi connectivity index (χ3v) is 2.57. The van der Waals surface area contributed by atoms with E-state index < -0.39 is 17.2 Å². The second-order valence-electron chi connectivity index (χ2n) is 4.29. The van der Waals surface area contributed by atoms with Crippen LogP contribution in [0.3, 0.4) is 0 Å². The van der Waals surface area contributed by atoms with E-state index in [-0.39, 0.29) is 12.4 Å². The smallest absolute Gasteiger partial charge is 0.342 e. The SMILES string of the molecule is O=C(CNc1n[nH]c(=O)[nH]c1=O)NN=C/C=C/c1ccccc1. The molecule has 1 heterocycles. The highest BCUT2D eigenvalue weighted by molar-refractivity contribution is 5.83. The van der Waals surface area contributed by atoms with Gasteiger partial charge in [-0.3, -0.25) is 14.6 Å². The van der Waals surface area contributed by atoms with Crippen molar-refractivity contribution >= 4 is 24.0 Å². The normalized spacial score (nSPS) is 11.0. The quantitative estimate of drug-likeness (QED) is 0.429. The Hall–Kier alpha value is -3.49. The lowest BCUT2D eigenvalue weighted by Crippen LogP contribution is -2.31. The van der Waals surface area contributed by atoms with Crippen LogP contribution in [0.4, 0.5) is 5.82 Å². The van der Waals surface area contributed by atoms with Crippen molar-refractivity contribution < 1.29 is 4.79 Å². The lowest BCUT2D eigenvalue weighted by Gasteiger charge is -2.01. The van der Waals surface area contributed by atoms with Crippen molar-refractivity contribution in [3.8, 4) is 0 Å². The molecule has 23 heavy (non-hydrogen) atoms. The Morgan fingerprint density at radius 2 is 2.04 bits per heavy atom. The molecule has 0 unspecified atom stereocenters. The van der Waals surface area contributed by atoms with Gasteiger partial charge < -0.3 is 5.32 Å². The zero-order chi connectivity index (χ0) is 16.5. The maximum absolute atomic E-state index is 11.5. The molecule has 1 aromatic carbocycles. The molecule has 0 aliphatic carbocycles. The second kappa shape index (κ2) is 8.08. The van der Waals surface area contributed by atoms with E-state index in [2.05, 4.69) is 20.9 Å². The molecule has 0 fully saturated rings. The molecule has 9 nitrogen and oxygen atoms in total. The summed E-state index contributed by atoms with van der Waals surface area (Å²) in [5.74, 6) is -0.630. The molecule has 0 aliphatic rings. The van der Waals surface area contributed by atoms with Gasteiger partial charge in [-0.1, -0.05) is 36.4 Å². The van der Waals surface area contributed by atoms with Crippen LogP contribution in [0.25, 0.3) is 6.08 Å². The Bertz CT molecular complexity index is 822. The lowest BCUT2D eigenvalue weighted by molar-refractivity contribution is -0.119. The number of hydrazone groups is 1. The first-order valence-corrected chi connectivity index (χ1v) is 6.61. The Balaban J connectivity index is 1.77. The van der Waals surface area contributed by atoms with E-state index in [9.17, 15) is 14.4 Å². The number of aromatic amines is 2. The fourth-order valence-corrected chi connectivity index (χ4v) is 1.54. The van der Waals surface area contributed by atoms with Crippen molar-refractivity contribution in [3.63, 3.8) is 0 Å². The first-order valence-electron chi connectivity index (χ1n) is 6.61. The van der Waals surface area contributed by atoms with E-state index in [1.54, 1.807) is 6.08 Å². The molecule has 1 amide bonds. The van der Waals surface area contributed by atoms with Gasteiger partial charge in [-0.25, -0.2) is 15.3 Å². The number of hydrogen-bond donors (Lipinski definition) is 4. The fourth-order valence-electron chi connectivity index (χ4n) is 1.54. The lowest BCUT2D eigenvalue weighted by atomic mass is 10.2. The highest BCUT2D eigenvalue weighted by Crippen LogP contribution is 1.99. The largest absolute Gasteiger partial charge is 0.355 e. The van der Waals surface area contributed by atoms with Gasteiger partial charge in [0, 0.05) is 6.21 Å². The molecule has 0 atom stereocenters. The summed E-state index contributed by atoms with van der Waals surface area (Å²) >= 11 is 0. The average Bonchev–Trinajstić information content (AvgIpc) is 2.54. The molecule has 118 valence electrons. The molecule has 4 N–H and O–H groups in total. The minimum absolute atomic E-state index is 0.160. The fraction of sp³-hybridized carbons (Fsp3) is 0.0714. The summed E-state index contributed by atoms with van der Waals surface area (Å²) in [5.41, 5.74) is 1.85. The van der Waals surface area contributed by atoms with E-state index in [0.29, 0.717) is 0 Å².